The van der Waals surface area contributed by atoms with Gasteiger partial charge in [-0.15, -0.1) is 17.4 Å². The van der Waals surface area contributed by atoms with Gasteiger partial charge in [0.15, 0.2) is 0 Å². The van der Waals surface area contributed by atoms with E-state index in [1.165, 1.54) is 29.2 Å². The maximum absolute atomic E-state index is 13.7. The van der Waals surface area contributed by atoms with Crippen LogP contribution in [0.5, 0.6) is 0 Å². The molecule has 2 aromatic rings. The first-order valence-corrected chi connectivity index (χ1v) is 5.64. The molecule has 0 aliphatic heterocycles. The number of carbonyl (C=O) groups is 1. The number of aromatic nitrogens is 4. The number of amides is 1. The Balaban J connectivity index is 2.22. The van der Waals surface area contributed by atoms with Crippen LogP contribution in [-0.2, 0) is 4.79 Å². The monoisotopic (exact) mass is 274 g/mol. The van der Waals surface area contributed by atoms with Gasteiger partial charge in [-0.25, -0.2) is 9.07 Å². The molecule has 2 rings (SSSR count). The highest BCUT2D eigenvalue weighted by atomic mass is 19.1. The van der Waals surface area contributed by atoms with Crippen LogP contribution in [0.1, 0.15) is 6.42 Å². The van der Waals surface area contributed by atoms with Crippen molar-refractivity contribution in [1.82, 2.24) is 20.2 Å². The van der Waals surface area contributed by atoms with Crippen LogP contribution in [0.15, 0.2) is 24.5 Å². The van der Waals surface area contributed by atoms with Crippen molar-refractivity contribution in [2.75, 3.05) is 5.32 Å². The van der Waals surface area contributed by atoms with E-state index in [0.717, 1.165) is 0 Å². The zero-order valence-electron chi connectivity index (χ0n) is 10.3. The van der Waals surface area contributed by atoms with E-state index in [4.69, 9.17) is 12.2 Å². The van der Waals surface area contributed by atoms with Gasteiger partial charge in [0.1, 0.15) is 12.1 Å². The number of nitrogens with zero attached hydrogens (tertiary/aromatic N) is 4. The molecule has 0 spiro atoms. The molecule has 0 saturated carbocycles. The minimum atomic E-state index is -0.893. The summed E-state index contributed by atoms with van der Waals surface area (Å²) in [5.74, 6) is 1.12. The molecule has 102 valence electrons. The van der Waals surface area contributed by atoms with Gasteiger partial charge in [-0.05, 0) is 28.6 Å². The smallest absolute Gasteiger partial charge is 0.242 e. The number of anilines is 1. The van der Waals surface area contributed by atoms with Crippen LogP contribution in [-0.4, -0.2) is 32.2 Å². The van der Waals surface area contributed by atoms with Crippen molar-refractivity contribution < 1.29 is 9.18 Å². The van der Waals surface area contributed by atoms with E-state index in [2.05, 4.69) is 26.8 Å². The Kier molecular flexibility index (Phi) is 4.02. The topological polar surface area (TPSA) is 98.7 Å². The van der Waals surface area contributed by atoms with Crippen LogP contribution in [0.25, 0.3) is 5.69 Å². The summed E-state index contributed by atoms with van der Waals surface area (Å²) >= 11 is 0. The second-order valence-electron chi connectivity index (χ2n) is 3.92. The van der Waals surface area contributed by atoms with Crippen LogP contribution in [0.4, 0.5) is 10.1 Å². The summed E-state index contributed by atoms with van der Waals surface area (Å²) in [6, 6.07) is 3.17. The Morgan fingerprint density at radius 2 is 2.40 bits per heavy atom. The second-order valence-corrected chi connectivity index (χ2v) is 3.92. The molecule has 1 unspecified atom stereocenters. The van der Waals surface area contributed by atoms with Crippen LogP contribution in [0, 0.1) is 18.2 Å². The second kappa shape index (κ2) is 5.90. The van der Waals surface area contributed by atoms with Crippen molar-refractivity contribution in [2.45, 2.75) is 12.5 Å². The standard InChI is InChI=1S/C12H11FN6O/c1-2-3-10(14)12(20)16-11-6-8(4-5-9(11)13)19-7-15-17-18-19/h1,4-7,10H,3,14H2,(H,16,20). The van der Waals surface area contributed by atoms with Crippen LogP contribution in [0.2, 0.25) is 0 Å². The zero-order chi connectivity index (χ0) is 14.5. The maximum atomic E-state index is 13.7. The Morgan fingerprint density at radius 3 is 3.05 bits per heavy atom. The summed E-state index contributed by atoms with van der Waals surface area (Å²) < 4.78 is 15.0. The number of carbonyl (C=O) groups excluding carboxylic acids is 1. The molecular weight excluding hydrogens is 263 g/mol. The highest BCUT2D eigenvalue weighted by Gasteiger charge is 2.15. The van der Waals surface area contributed by atoms with Crippen LogP contribution < -0.4 is 11.1 Å². The van der Waals surface area contributed by atoms with Gasteiger partial charge in [0.25, 0.3) is 0 Å². The molecule has 8 heteroatoms. The predicted molar refractivity (Wildman–Crippen MR) is 69.2 cm³/mol. The molecule has 1 atom stereocenters. The van der Waals surface area contributed by atoms with Crippen molar-refractivity contribution in [2.24, 2.45) is 5.73 Å². The summed E-state index contributed by atoms with van der Waals surface area (Å²) in [5.41, 5.74) is 6.02. The van der Waals surface area contributed by atoms with Crippen molar-refractivity contribution in [1.29, 1.82) is 0 Å². The van der Waals surface area contributed by atoms with Crippen molar-refractivity contribution in [3.8, 4) is 18.0 Å². The average Bonchev–Trinajstić information content (AvgIpc) is 2.95. The van der Waals surface area contributed by atoms with Gasteiger partial charge in [-0.2, -0.15) is 0 Å². The largest absolute Gasteiger partial charge is 0.322 e. The van der Waals surface area contributed by atoms with Gasteiger partial charge < -0.3 is 11.1 Å². The molecule has 7 nitrogen and oxygen atoms in total. The lowest BCUT2D eigenvalue weighted by atomic mass is 10.2. The molecule has 0 radical (unpaired) electrons. The summed E-state index contributed by atoms with van der Waals surface area (Å²) in [6.45, 7) is 0. The van der Waals surface area contributed by atoms with Gasteiger partial charge in [0.05, 0.1) is 17.4 Å². The molecule has 20 heavy (non-hydrogen) atoms. The van der Waals surface area contributed by atoms with Crippen molar-refractivity contribution in [3.63, 3.8) is 0 Å². The van der Waals surface area contributed by atoms with Gasteiger partial charge in [-0.3, -0.25) is 4.79 Å². The molecule has 1 aromatic heterocycles. The van der Waals surface area contributed by atoms with Crippen molar-refractivity contribution in [3.05, 3.63) is 30.3 Å². The summed E-state index contributed by atoms with van der Waals surface area (Å²) in [5, 5.41) is 13.0. The number of halogens is 1. The molecule has 0 aliphatic rings. The molecule has 0 aliphatic carbocycles. The number of rotatable bonds is 4. The van der Waals surface area contributed by atoms with E-state index in [9.17, 15) is 9.18 Å². The Bertz CT molecular complexity index is 648. The molecule has 1 aromatic carbocycles. The third-order valence-corrected chi connectivity index (χ3v) is 2.50. The first kappa shape index (κ1) is 13.6. The average molecular weight is 274 g/mol. The Labute approximate surface area is 114 Å². The number of hydrogen-bond acceptors (Lipinski definition) is 5. The highest BCUT2D eigenvalue weighted by molar-refractivity contribution is 5.95. The van der Waals surface area contributed by atoms with Gasteiger partial charge >= 0.3 is 0 Å². The number of nitrogens with one attached hydrogen (secondary N) is 1. The summed E-state index contributed by atoms with van der Waals surface area (Å²) in [7, 11) is 0. The number of terminal acetylenes is 1. The summed E-state index contributed by atoms with van der Waals surface area (Å²) in [6.07, 6.45) is 6.49. The van der Waals surface area contributed by atoms with Crippen LogP contribution in [0.3, 0.4) is 0 Å². The van der Waals surface area contributed by atoms with Crippen molar-refractivity contribution >= 4 is 11.6 Å². The normalized spacial score (nSPS) is 11.7. The van der Waals surface area contributed by atoms with Gasteiger partial charge in [0.2, 0.25) is 5.91 Å². The van der Waals surface area contributed by atoms with E-state index in [1.807, 2.05) is 0 Å². The fourth-order valence-electron chi connectivity index (χ4n) is 1.48. The Morgan fingerprint density at radius 1 is 1.60 bits per heavy atom. The van der Waals surface area contributed by atoms with E-state index < -0.39 is 17.8 Å². The van der Waals surface area contributed by atoms with Gasteiger partial charge in [0, 0.05) is 6.42 Å². The lowest BCUT2D eigenvalue weighted by Gasteiger charge is -2.11. The molecule has 0 bridgehead atoms. The zero-order valence-corrected chi connectivity index (χ0v) is 10.3. The maximum Gasteiger partial charge on any atom is 0.242 e. The highest BCUT2D eigenvalue weighted by Crippen LogP contribution is 2.18. The number of nitrogens with two attached hydrogens (primary N) is 1. The fraction of sp³-hybridized carbons (Fsp3) is 0.167. The lowest BCUT2D eigenvalue weighted by Crippen LogP contribution is -2.35. The molecule has 3 N–H and O–H groups in total. The summed E-state index contributed by atoms with van der Waals surface area (Å²) in [4.78, 5) is 11.7. The first-order chi connectivity index (χ1) is 9.61. The van der Waals surface area contributed by atoms with E-state index >= 15 is 0 Å². The number of hydrogen-bond donors (Lipinski definition) is 2. The van der Waals surface area contributed by atoms with Gasteiger partial charge in [-0.1, -0.05) is 0 Å². The molecular formula is C12H11FN6O. The minimum absolute atomic E-state index is 0.0181. The quantitative estimate of drug-likeness (QED) is 0.770. The minimum Gasteiger partial charge on any atom is -0.322 e. The third kappa shape index (κ3) is 2.96. The molecule has 0 fully saturated rings. The lowest BCUT2D eigenvalue weighted by molar-refractivity contribution is -0.117. The van der Waals surface area contributed by atoms with E-state index in [0.29, 0.717) is 5.69 Å². The van der Waals surface area contributed by atoms with E-state index in [1.54, 1.807) is 0 Å². The predicted octanol–water partition coefficient (Wildman–Crippen LogP) is 0.0905. The SMILES string of the molecule is C#CCC(N)C(=O)Nc1cc(-n2cnnn2)ccc1F. The Hall–Kier alpha value is -2.79. The fourth-order valence-corrected chi connectivity index (χ4v) is 1.48. The van der Waals surface area contributed by atoms with E-state index in [-0.39, 0.29) is 12.1 Å². The number of benzene rings is 1. The molecule has 1 amide bonds. The third-order valence-electron chi connectivity index (χ3n) is 2.50. The first-order valence-electron chi connectivity index (χ1n) is 5.64. The molecule has 0 saturated heterocycles. The van der Waals surface area contributed by atoms with Crippen LogP contribution >= 0.6 is 0 Å². The number of tetrazole rings is 1. The molecule has 1 heterocycles.